The molecule has 0 amide bonds. The molecule has 0 aromatic rings. The van der Waals surface area contributed by atoms with Crippen molar-refractivity contribution in [1.29, 1.82) is 0 Å². The van der Waals surface area contributed by atoms with Crippen LogP contribution in [-0.2, 0) is 4.79 Å². The van der Waals surface area contributed by atoms with E-state index in [-0.39, 0.29) is 5.78 Å². The minimum atomic E-state index is 0.216. The molecule has 0 radical (unpaired) electrons. The minimum Gasteiger partial charge on any atom is -0.316 e. The Hall–Kier alpha value is -0.810. The van der Waals surface area contributed by atoms with E-state index >= 15 is 0 Å². The Kier molecular flexibility index (Phi) is 4.56. The third-order valence-electron chi connectivity index (χ3n) is 2.53. The van der Waals surface area contributed by atoms with Crippen molar-refractivity contribution in [3.05, 3.63) is 0 Å². The van der Waals surface area contributed by atoms with Gasteiger partial charge in [0.15, 0.2) is 0 Å². The van der Waals surface area contributed by atoms with Crippen molar-refractivity contribution in [3.63, 3.8) is 0 Å². The first-order chi connectivity index (χ1) is 6.33. The summed E-state index contributed by atoms with van der Waals surface area (Å²) in [6.45, 7) is 2.21. The van der Waals surface area contributed by atoms with E-state index in [4.69, 9.17) is 6.42 Å². The molecule has 2 nitrogen and oxygen atoms in total. The highest BCUT2D eigenvalue weighted by Crippen LogP contribution is 2.16. The number of nitrogens with one attached hydrogen (secondary N) is 1. The third kappa shape index (κ3) is 4.10. The molecule has 13 heavy (non-hydrogen) atoms. The molecule has 0 bridgehead atoms. The van der Waals surface area contributed by atoms with Crippen LogP contribution >= 0.6 is 0 Å². The summed E-state index contributed by atoms with van der Waals surface area (Å²) < 4.78 is 0. The zero-order chi connectivity index (χ0) is 9.52. The normalized spacial score (nSPS) is 22.2. The zero-order valence-corrected chi connectivity index (χ0v) is 8.01. The molecule has 0 aromatic heterocycles. The van der Waals surface area contributed by atoms with Crippen LogP contribution in [0.1, 0.15) is 32.1 Å². The largest absolute Gasteiger partial charge is 0.316 e. The lowest BCUT2D eigenvalue weighted by Gasteiger charge is -2.22. The number of terminal acetylenes is 1. The van der Waals surface area contributed by atoms with Crippen molar-refractivity contribution in [1.82, 2.24) is 5.32 Å². The Balaban J connectivity index is 2.10. The molecule has 2 heteroatoms. The first-order valence-electron chi connectivity index (χ1n) is 4.99. The molecule has 1 saturated heterocycles. The van der Waals surface area contributed by atoms with Crippen LogP contribution < -0.4 is 5.32 Å². The molecule has 72 valence electrons. The summed E-state index contributed by atoms with van der Waals surface area (Å²) in [6, 6.07) is 0. The SMILES string of the molecule is C#CCC(=O)CCC1CCCNC1. The standard InChI is InChI=1S/C11H17NO/c1-2-4-11(13)7-6-10-5-3-8-12-9-10/h1,10,12H,3-9H2. The molecule has 1 aliphatic heterocycles. The molecule has 1 heterocycles. The van der Waals surface area contributed by atoms with Crippen molar-refractivity contribution in [2.24, 2.45) is 5.92 Å². The van der Waals surface area contributed by atoms with Crippen LogP contribution in [0.5, 0.6) is 0 Å². The minimum absolute atomic E-state index is 0.216. The Morgan fingerprint density at radius 3 is 3.08 bits per heavy atom. The maximum atomic E-state index is 11.1. The lowest BCUT2D eigenvalue weighted by Crippen LogP contribution is -2.29. The fraction of sp³-hybridized carbons (Fsp3) is 0.727. The maximum absolute atomic E-state index is 11.1. The van der Waals surface area contributed by atoms with E-state index in [1.54, 1.807) is 0 Å². The van der Waals surface area contributed by atoms with E-state index in [9.17, 15) is 4.79 Å². The Bertz CT molecular complexity index is 199. The monoisotopic (exact) mass is 179 g/mol. The summed E-state index contributed by atoms with van der Waals surface area (Å²) in [5, 5.41) is 3.34. The van der Waals surface area contributed by atoms with Crippen LogP contribution in [0.25, 0.3) is 0 Å². The van der Waals surface area contributed by atoms with Gasteiger partial charge in [-0.1, -0.05) is 5.92 Å². The summed E-state index contributed by atoms with van der Waals surface area (Å²) in [7, 11) is 0. The highest BCUT2D eigenvalue weighted by molar-refractivity contribution is 5.80. The predicted molar refractivity (Wildman–Crippen MR) is 53.3 cm³/mol. The van der Waals surface area contributed by atoms with E-state index in [1.165, 1.54) is 12.8 Å². The van der Waals surface area contributed by atoms with Crippen molar-refractivity contribution in [2.75, 3.05) is 13.1 Å². The molecular weight excluding hydrogens is 162 g/mol. The van der Waals surface area contributed by atoms with Crippen LogP contribution in [0.2, 0.25) is 0 Å². The number of rotatable bonds is 4. The van der Waals surface area contributed by atoms with Crippen LogP contribution in [0, 0.1) is 18.3 Å². The number of hydrogen-bond acceptors (Lipinski definition) is 2. The van der Waals surface area contributed by atoms with Gasteiger partial charge in [0, 0.05) is 6.42 Å². The average Bonchev–Trinajstić information content (AvgIpc) is 2.17. The van der Waals surface area contributed by atoms with Crippen LogP contribution in [0.4, 0.5) is 0 Å². The van der Waals surface area contributed by atoms with Gasteiger partial charge in [0.05, 0.1) is 6.42 Å². The smallest absolute Gasteiger partial charge is 0.144 e. The van der Waals surface area contributed by atoms with Crippen LogP contribution in [-0.4, -0.2) is 18.9 Å². The second kappa shape index (κ2) is 5.77. The van der Waals surface area contributed by atoms with E-state index in [2.05, 4.69) is 11.2 Å². The van der Waals surface area contributed by atoms with E-state index in [1.807, 2.05) is 0 Å². The van der Waals surface area contributed by atoms with Crippen molar-refractivity contribution in [2.45, 2.75) is 32.1 Å². The molecule has 1 fully saturated rings. The van der Waals surface area contributed by atoms with Crippen molar-refractivity contribution in [3.8, 4) is 12.3 Å². The van der Waals surface area contributed by atoms with Gasteiger partial charge >= 0.3 is 0 Å². The molecule has 0 aliphatic carbocycles. The summed E-state index contributed by atoms with van der Waals surface area (Å²) in [6.07, 6.45) is 9.54. The molecule has 1 N–H and O–H groups in total. The number of carbonyl (C=O) groups excluding carboxylic acids is 1. The topological polar surface area (TPSA) is 29.1 Å². The summed E-state index contributed by atoms with van der Waals surface area (Å²) in [5.41, 5.74) is 0. The molecule has 0 saturated carbocycles. The second-order valence-corrected chi connectivity index (χ2v) is 3.67. The quantitative estimate of drug-likeness (QED) is 0.660. The van der Waals surface area contributed by atoms with Gasteiger partial charge < -0.3 is 5.32 Å². The first-order valence-corrected chi connectivity index (χ1v) is 4.99. The maximum Gasteiger partial charge on any atom is 0.144 e. The number of piperidine rings is 1. The predicted octanol–water partition coefficient (Wildman–Crippen LogP) is 1.36. The van der Waals surface area contributed by atoms with Gasteiger partial charge in [-0.05, 0) is 38.3 Å². The number of ketones is 1. The lowest BCUT2D eigenvalue weighted by molar-refractivity contribution is -0.118. The fourth-order valence-electron chi connectivity index (χ4n) is 1.74. The Labute approximate surface area is 80.1 Å². The third-order valence-corrected chi connectivity index (χ3v) is 2.53. The van der Waals surface area contributed by atoms with Gasteiger partial charge in [-0.15, -0.1) is 6.42 Å². The Morgan fingerprint density at radius 2 is 2.46 bits per heavy atom. The van der Waals surface area contributed by atoms with Gasteiger partial charge in [-0.25, -0.2) is 0 Å². The molecule has 1 unspecified atom stereocenters. The number of hydrogen-bond donors (Lipinski definition) is 1. The van der Waals surface area contributed by atoms with E-state index in [0.29, 0.717) is 18.8 Å². The summed E-state index contributed by atoms with van der Waals surface area (Å²) in [4.78, 5) is 11.1. The second-order valence-electron chi connectivity index (χ2n) is 3.67. The van der Waals surface area contributed by atoms with Crippen LogP contribution in [0.3, 0.4) is 0 Å². The van der Waals surface area contributed by atoms with Crippen molar-refractivity contribution < 1.29 is 4.79 Å². The van der Waals surface area contributed by atoms with Gasteiger partial charge in [0.2, 0.25) is 0 Å². The van der Waals surface area contributed by atoms with Gasteiger partial charge in [0.25, 0.3) is 0 Å². The fourth-order valence-corrected chi connectivity index (χ4v) is 1.74. The van der Waals surface area contributed by atoms with E-state index < -0.39 is 0 Å². The van der Waals surface area contributed by atoms with Crippen LogP contribution in [0.15, 0.2) is 0 Å². The van der Waals surface area contributed by atoms with Gasteiger partial charge in [-0.2, -0.15) is 0 Å². The average molecular weight is 179 g/mol. The van der Waals surface area contributed by atoms with Crippen molar-refractivity contribution >= 4 is 5.78 Å². The molecule has 1 aliphatic rings. The number of Topliss-reactive ketones (excluding diaryl/α,β-unsaturated/α-hetero) is 1. The highest BCUT2D eigenvalue weighted by Gasteiger charge is 2.13. The summed E-state index contributed by atoms with van der Waals surface area (Å²) in [5.74, 6) is 3.30. The molecule has 1 atom stereocenters. The number of carbonyl (C=O) groups is 1. The van der Waals surface area contributed by atoms with E-state index in [0.717, 1.165) is 19.5 Å². The molecular formula is C11H17NO. The first kappa shape index (κ1) is 10.3. The molecule has 1 rings (SSSR count). The van der Waals surface area contributed by atoms with Gasteiger partial charge in [0.1, 0.15) is 5.78 Å². The zero-order valence-electron chi connectivity index (χ0n) is 8.01. The van der Waals surface area contributed by atoms with Gasteiger partial charge in [-0.3, -0.25) is 4.79 Å². The molecule has 0 aromatic carbocycles. The Morgan fingerprint density at radius 1 is 1.62 bits per heavy atom. The highest BCUT2D eigenvalue weighted by atomic mass is 16.1. The molecule has 0 spiro atoms. The summed E-state index contributed by atoms with van der Waals surface area (Å²) >= 11 is 0. The lowest BCUT2D eigenvalue weighted by atomic mass is 9.93.